The lowest BCUT2D eigenvalue weighted by Gasteiger charge is -1.99. The molecule has 1 aromatic heterocycles. The molecule has 0 radical (unpaired) electrons. The first-order valence-electron chi connectivity index (χ1n) is 3.98. The standard InChI is InChI=1S/C10H9ClN2/c1-2-8(6-12)10(11)9-4-3-5-13-7-9/h3-5,7H,2H2,1H3. The van der Waals surface area contributed by atoms with Gasteiger partial charge >= 0.3 is 0 Å². The van der Waals surface area contributed by atoms with Crippen molar-refractivity contribution in [3.63, 3.8) is 0 Å². The highest BCUT2D eigenvalue weighted by atomic mass is 35.5. The van der Waals surface area contributed by atoms with Crippen LogP contribution in [-0.4, -0.2) is 4.98 Å². The summed E-state index contributed by atoms with van der Waals surface area (Å²) in [5.41, 5.74) is 1.39. The minimum Gasteiger partial charge on any atom is -0.264 e. The molecule has 0 amide bonds. The maximum absolute atomic E-state index is 8.75. The van der Waals surface area contributed by atoms with Crippen molar-refractivity contribution in [1.82, 2.24) is 4.98 Å². The number of halogens is 1. The predicted octanol–water partition coefficient (Wildman–Crippen LogP) is 2.97. The van der Waals surface area contributed by atoms with Gasteiger partial charge in [-0.15, -0.1) is 0 Å². The number of rotatable bonds is 2. The minimum absolute atomic E-state index is 0.498. The summed E-state index contributed by atoms with van der Waals surface area (Å²) in [5, 5.41) is 9.24. The van der Waals surface area contributed by atoms with Crippen LogP contribution in [0, 0.1) is 11.3 Å². The molecule has 13 heavy (non-hydrogen) atoms. The number of hydrogen-bond donors (Lipinski definition) is 0. The van der Waals surface area contributed by atoms with Crippen LogP contribution in [0.4, 0.5) is 0 Å². The molecular formula is C10H9ClN2. The van der Waals surface area contributed by atoms with Gasteiger partial charge in [-0.25, -0.2) is 0 Å². The van der Waals surface area contributed by atoms with Crippen molar-refractivity contribution < 1.29 is 0 Å². The van der Waals surface area contributed by atoms with Crippen molar-refractivity contribution in [1.29, 1.82) is 5.26 Å². The second kappa shape index (κ2) is 4.64. The summed E-state index contributed by atoms with van der Waals surface area (Å²) in [5.74, 6) is 0. The molecule has 0 spiro atoms. The highest BCUT2D eigenvalue weighted by Gasteiger charge is 2.03. The van der Waals surface area contributed by atoms with Crippen LogP contribution in [0.3, 0.4) is 0 Å². The van der Waals surface area contributed by atoms with E-state index < -0.39 is 0 Å². The molecule has 66 valence electrons. The van der Waals surface area contributed by atoms with E-state index in [1.807, 2.05) is 13.0 Å². The van der Waals surface area contributed by atoms with Gasteiger partial charge in [-0.1, -0.05) is 24.6 Å². The van der Waals surface area contributed by atoms with Gasteiger partial charge in [-0.2, -0.15) is 5.26 Å². The summed E-state index contributed by atoms with van der Waals surface area (Å²) in [6.07, 6.45) is 3.96. The number of nitrogens with zero attached hydrogens (tertiary/aromatic N) is 2. The average molecular weight is 193 g/mol. The number of nitriles is 1. The number of aromatic nitrogens is 1. The molecule has 3 heteroatoms. The molecule has 0 saturated carbocycles. The van der Waals surface area contributed by atoms with Gasteiger partial charge in [0.15, 0.2) is 0 Å². The minimum atomic E-state index is 0.498. The fourth-order valence-electron chi connectivity index (χ4n) is 0.950. The van der Waals surface area contributed by atoms with Gasteiger partial charge in [0.2, 0.25) is 0 Å². The van der Waals surface area contributed by atoms with Gasteiger partial charge in [-0.3, -0.25) is 4.98 Å². The molecule has 0 N–H and O–H groups in total. The van der Waals surface area contributed by atoms with Crippen molar-refractivity contribution in [2.75, 3.05) is 0 Å². The molecule has 0 aromatic carbocycles. The zero-order chi connectivity index (χ0) is 9.68. The van der Waals surface area contributed by atoms with Crippen molar-refractivity contribution in [3.8, 4) is 6.07 Å². The third-order valence-electron chi connectivity index (χ3n) is 1.67. The van der Waals surface area contributed by atoms with Crippen LogP contribution >= 0.6 is 11.6 Å². The molecule has 0 atom stereocenters. The van der Waals surface area contributed by atoms with Gasteiger partial charge < -0.3 is 0 Å². The Bertz CT molecular complexity index is 349. The van der Waals surface area contributed by atoms with Crippen molar-refractivity contribution >= 4 is 16.6 Å². The smallest absolute Gasteiger partial charge is 0.0962 e. The van der Waals surface area contributed by atoms with Crippen molar-refractivity contribution in [2.24, 2.45) is 0 Å². The summed E-state index contributed by atoms with van der Waals surface area (Å²) in [4.78, 5) is 3.93. The molecule has 0 bridgehead atoms. The highest BCUT2D eigenvalue weighted by Crippen LogP contribution is 2.23. The zero-order valence-electron chi connectivity index (χ0n) is 7.29. The van der Waals surface area contributed by atoms with E-state index in [4.69, 9.17) is 16.9 Å². The lowest BCUT2D eigenvalue weighted by molar-refractivity contribution is 1.16. The fourth-order valence-corrected chi connectivity index (χ4v) is 1.24. The first kappa shape index (κ1) is 9.76. The van der Waals surface area contributed by atoms with Gasteiger partial charge in [0.25, 0.3) is 0 Å². The largest absolute Gasteiger partial charge is 0.264 e. The highest BCUT2D eigenvalue weighted by molar-refractivity contribution is 6.49. The molecule has 1 aromatic rings. The Balaban J connectivity index is 3.11. The normalized spacial score (nSPS) is 11.8. The van der Waals surface area contributed by atoms with Crippen LogP contribution in [-0.2, 0) is 0 Å². The molecule has 0 saturated heterocycles. The van der Waals surface area contributed by atoms with Crippen LogP contribution in [0.15, 0.2) is 30.1 Å². The monoisotopic (exact) mass is 192 g/mol. The maximum atomic E-state index is 8.75. The summed E-state index contributed by atoms with van der Waals surface area (Å²) < 4.78 is 0. The predicted molar refractivity (Wildman–Crippen MR) is 52.9 cm³/mol. The Morgan fingerprint density at radius 1 is 1.69 bits per heavy atom. The molecular weight excluding hydrogens is 184 g/mol. The van der Waals surface area contributed by atoms with E-state index >= 15 is 0 Å². The average Bonchev–Trinajstić information content (AvgIpc) is 2.21. The van der Waals surface area contributed by atoms with Crippen molar-refractivity contribution in [2.45, 2.75) is 13.3 Å². The first-order chi connectivity index (χ1) is 6.29. The quantitative estimate of drug-likeness (QED) is 0.676. The second-order valence-electron chi connectivity index (χ2n) is 2.50. The van der Waals surface area contributed by atoms with E-state index in [0.29, 0.717) is 17.0 Å². The van der Waals surface area contributed by atoms with Crippen LogP contribution in [0.5, 0.6) is 0 Å². The van der Waals surface area contributed by atoms with Crippen LogP contribution in [0.25, 0.3) is 5.03 Å². The molecule has 2 nitrogen and oxygen atoms in total. The summed E-state index contributed by atoms with van der Waals surface area (Å²) >= 11 is 5.99. The molecule has 0 aliphatic carbocycles. The number of allylic oxidation sites excluding steroid dienone is 1. The van der Waals surface area contributed by atoms with E-state index in [1.54, 1.807) is 18.5 Å². The van der Waals surface area contributed by atoms with E-state index in [-0.39, 0.29) is 0 Å². The molecule has 1 rings (SSSR count). The summed E-state index contributed by atoms with van der Waals surface area (Å²) in [7, 11) is 0. The van der Waals surface area contributed by atoms with Crippen LogP contribution < -0.4 is 0 Å². The van der Waals surface area contributed by atoms with Gasteiger partial charge in [-0.05, 0) is 12.5 Å². The molecule has 1 heterocycles. The van der Waals surface area contributed by atoms with Crippen LogP contribution in [0.1, 0.15) is 18.9 Å². The maximum Gasteiger partial charge on any atom is 0.0962 e. The topological polar surface area (TPSA) is 36.7 Å². The second-order valence-corrected chi connectivity index (χ2v) is 2.88. The third kappa shape index (κ3) is 2.30. The zero-order valence-corrected chi connectivity index (χ0v) is 8.04. The Hall–Kier alpha value is -1.33. The Morgan fingerprint density at radius 2 is 2.46 bits per heavy atom. The van der Waals surface area contributed by atoms with Gasteiger partial charge in [0, 0.05) is 23.5 Å². The first-order valence-corrected chi connectivity index (χ1v) is 4.36. The summed E-state index contributed by atoms with van der Waals surface area (Å²) in [6.45, 7) is 1.90. The van der Waals surface area contributed by atoms with Crippen LogP contribution in [0.2, 0.25) is 0 Å². The molecule has 0 aliphatic rings. The summed E-state index contributed by atoms with van der Waals surface area (Å²) in [6, 6.07) is 5.70. The van der Waals surface area contributed by atoms with Gasteiger partial charge in [0.05, 0.1) is 11.1 Å². The van der Waals surface area contributed by atoms with Crippen molar-refractivity contribution in [3.05, 3.63) is 35.7 Å². The van der Waals surface area contributed by atoms with E-state index in [0.717, 1.165) is 5.56 Å². The lowest BCUT2D eigenvalue weighted by atomic mass is 10.1. The Morgan fingerprint density at radius 3 is 2.92 bits per heavy atom. The fraction of sp³-hybridized carbons (Fsp3) is 0.200. The molecule has 0 unspecified atom stereocenters. The Kier molecular flexibility index (Phi) is 3.48. The van der Waals surface area contributed by atoms with E-state index in [9.17, 15) is 0 Å². The van der Waals surface area contributed by atoms with Gasteiger partial charge in [0.1, 0.15) is 0 Å². The Labute approximate surface area is 82.5 Å². The lowest BCUT2D eigenvalue weighted by Crippen LogP contribution is -1.84. The van der Waals surface area contributed by atoms with E-state index in [2.05, 4.69) is 11.1 Å². The van der Waals surface area contributed by atoms with E-state index in [1.165, 1.54) is 0 Å². The molecule has 0 fully saturated rings. The third-order valence-corrected chi connectivity index (χ3v) is 2.11. The molecule has 0 aliphatic heterocycles. The number of pyridine rings is 1. The number of hydrogen-bond acceptors (Lipinski definition) is 2. The SMILES string of the molecule is CCC(C#N)=C(Cl)c1cccnc1.